The molecular formula is C15H17BrClFN4O. The molecule has 1 aromatic heterocycles. The Kier molecular flexibility index (Phi) is 5.78. The first-order valence-corrected chi connectivity index (χ1v) is 7.79. The molecule has 124 valence electrons. The SMILES string of the molecule is Cl.Cn1cc([C@H]2CNC[C@@H]2C(=O)Nc2ccc(Br)c(F)c2)cn1. The van der Waals surface area contributed by atoms with Crippen LogP contribution in [-0.2, 0) is 11.8 Å². The van der Waals surface area contributed by atoms with Crippen molar-refractivity contribution in [1.29, 1.82) is 0 Å². The smallest absolute Gasteiger partial charge is 0.229 e. The molecule has 1 aliphatic heterocycles. The molecular weight excluding hydrogens is 387 g/mol. The lowest BCUT2D eigenvalue weighted by atomic mass is 9.90. The van der Waals surface area contributed by atoms with Gasteiger partial charge in [-0.2, -0.15) is 5.10 Å². The minimum Gasteiger partial charge on any atom is -0.326 e. The van der Waals surface area contributed by atoms with Crippen molar-refractivity contribution in [2.75, 3.05) is 18.4 Å². The van der Waals surface area contributed by atoms with Crippen LogP contribution in [0.1, 0.15) is 11.5 Å². The summed E-state index contributed by atoms with van der Waals surface area (Å²) >= 11 is 3.10. The molecule has 0 unspecified atom stereocenters. The van der Waals surface area contributed by atoms with Gasteiger partial charge in [0.2, 0.25) is 5.91 Å². The molecule has 8 heteroatoms. The van der Waals surface area contributed by atoms with E-state index < -0.39 is 5.82 Å². The van der Waals surface area contributed by atoms with Crippen LogP contribution < -0.4 is 10.6 Å². The van der Waals surface area contributed by atoms with E-state index in [4.69, 9.17) is 0 Å². The molecule has 5 nitrogen and oxygen atoms in total. The van der Waals surface area contributed by atoms with Gasteiger partial charge in [-0.25, -0.2) is 4.39 Å². The zero-order valence-electron chi connectivity index (χ0n) is 12.4. The van der Waals surface area contributed by atoms with Crippen LogP contribution >= 0.6 is 28.3 Å². The first-order valence-electron chi connectivity index (χ1n) is 7.00. The fourth-order valence-electron chi connectivity index (χ4n) is 2.74. The Hall–Kier alpha value is -1.44. The summed E-state index contributed by atoms with van der Waals surface area (Å²) in [5.41, 5.74) is 1.50. The van der Waals surface area contributed by atoms with Crippen LogP contribution in [0.4, 0.5) is 10.1 Å². The van der Waals surface area contributed by atoms with Crippen LogP contribution in [0.3, 0.4) is 0 Å². The number of halogens is 3. The first kappa shape index (κ1) is 17.9. The Morgan fingerprint density at radius 2 is 2.26 bits per heavy atom. The molecule has 2 heterocycles. The minimum absolute atomic E-state index is 0. The van der Waals surface area contributed by atoms with Gasteiger partial charge in [-0.05, 0) is 39.7 Å². The van der Waals surface area contributed by atoms with E-state index in [1.165, 1.54) is 6.07 Å². The average Bonchev–Trinajstić information content (AvgIpc) is 3.11. The summed E-state index contributed by atoms with van der Waals surface area (Å²) in [7, 11) is 1.85. The van der Waals surface area contributed by atoms with Gasteiger partial charge < -0.3 is 10.6 Å². The van der Waals surface area contributed by atoms with E-state index in [0.717, 1.165) is 12.1 Å². The minimum atomic E-state index is -0.397. The second kappa shape index (κ2) is 7.42. The third-order valence-corrected chi connectivity index (χ3v) is 4.53. The van der Waals surface area contributed by atoms with Gasteiger partial charge in [-0.3, -0.25) is 9.48 Å². The molecule has 0 aliphatic carbocycles. The third kappa shape index (κ3) is 3.91. The van der Waals surface area contributed by atoms with E-state index in [9.17, 15) is 9.18 Å². The van der Waals surface area contributed by atoms with Gasteiger partial charge in [-0.15, -0.1) is 12.4 Å². The molecule has 1 saturated heterocycles. The molecule has 2 aromatic rings. The van der Waals surface area contributed by atoms with Crippen LogP contribution in [0.25, 0.3) is 0 Å². The number of carbonyl (C=O) groups excluding carboxylic acids is 1. The number of hydrogen-bond acceptors (Lipinski definition) is 3. The molecule has 0 saturated carbocycles. The van der Waals surface area contributed by atoms with E-state index in [0.29, 0.717) is 16.7 Å². The number of amides is 1. The summed E-state index contributed by atoms with van der Waals surface area (Å²) in [6.45, 7) is 1.34. The number of nitrogens with zero attached hydrogens (tertiary/aromatic N) is 2. The Balaban J connectivity index is 0.00000192. The lowest BCUT2D eigenvalue weighted by Gasteiger charge is -2.17. The number of anilines is 1. The normalized spacial score (nSPS) is 20.1. The Bertz CT molecular complexity index is 709. The van der Waals surface area contributed by atoms with Crippen LogP contribution in [0.5, 0.6) is 0 Å². The molecule has 23 heavy (non-hydrogen) atoms. The average molecular weight is 404 g/mol. The molecule has 0 bridgehead atoms. The van der Waals surface area contributed by atoms with Gasteiger partial charge in [0, 0.05) is 37.9 Å². The fraction of sp³-hybridized carbons (Fsp3) is 0.333. The van der Waals surface area contributed by atoms with Crippen LogP contribution in [0.2, 0.25) is 0 Å². The standard InChI is InChI=1S/C15H16BrFN4O.ClH/c1-21-8-9(5-19-21)11-6-18-7-12(11)15(22)20-10-2-3-13(16)14(17)4-10;/h2-5,8,11-12,18H,6-7H2,1H3,(H,20,22);1H/t11-,12+;/m1./s1. The van der Waals surface area contributed by atoms with Gasteiger partial charge >= 0.3 is 0 Å². The number of benzene rings is 1. The lowest BCUT2D eigenvalue weighted by molar-refractivity contribution is -0.119. The number of hydrogen-bond donors (Lipinski definition) is 2. The van der Waals surface area contributed by atoms with Gasteiger partial charge in [-0.1, -0.05) is 0 Å². The van der Waals surface area contributed by atoms with Crippen molar-refractivity contribution in [3.8, 4) is 0 Å². The highest BCUT2D eigenvalue weighted by atomic mass is 79.9. The Morgan fingerprint density at radius 3 is 2.91 bits per heavy atom. The molecule has 2 N–H and O–H groups in total. The van der Waals surface area contributed by atoms with Crippen molar-refractivity contribution in [1.82, 2.24) is 15.1 Å². The molecule has 1 aliphatic rings. The van der Waals surface area contributed by atoms with E-state index in [1.54, 1.807) is 23.0 Å². The van der Waals surface area contributed by atoms with Crippen molar-refractivity contribution in [3.05, 3.63) is 46.4 Å². The fourth-order valence-corrected chi connectivity index (χ4v) is 2.99. The Morgan fingerprint density at radius 1 is 1.48 bits per heavy atom. The number of carbonyl (C=O) groups is 1. The second-order valence-corrected chi connectivity index (χ2v) is 6.29. The highest BCUT2D eigenvalue weighted by Gasteiger charge is 2.34. The summed E-state index contributed by atoms with van der Waals surface area (Å²) in [6.07, 6.45) is 3.72. The monoisotopic (exact) mass is 402 g/mol. The van der Waals surface area contributed by atoms with Crippen LogP contribution in [0, 0.1) is 11.7 Å². The first-order chi connectivity index (χ1) is 10.5. The predicted molar refractivity (Wildman–Crippen MR) is 92.3 cm³/mol. The number of aromatic nitrogens is 2. The molecule has 1 amide bonds. The van der Waals surface area contributed by atoms with Gasteiger partial charge in [0.15, 0.2) is 0 Å². The number of rotatable bonds is 3. The maximum atomic E-state index is 13.5. The van der Waals surface area contributed by atoms with E-state index in [2.05, 4.69) is 31.7 Å². The summed E-state index contributed by atoms with van der Waals surface area (Å²) in [4.78, 5) is 12.5. The van der Waals surface area contributed by atoms with Crippen molar-refractivity contribution in [2.45, 2.75) is 5.92 Å². The van der Waals surface area contributed by atoms with Crippen molar-refractivity contribution < 1.29 is 9.18 Å². The zero-order chi connectivity index (χ0) is 15.7. The summed E-state index contributed by atoms with van der Waals surface area (Å²) in [5.74, 6) is -0.628. The predicted octanol–water partition coefficient (Wildman–Crippen LogP) is 2.69. The molecule has 1 aromatic carbocycles. The molecule has 0 spiro atoms. The third-order valence-electron chi connectivity index (χ3n) is 3.89. The zero-order valence-corrected chi connectivity index (χ0v) is 14.8. The summed E-state index contributed by atoms with van der Waals surface area (Å²) in [5, 5.41) is 10.2. The van der Waals surface area contributed by atoms with Crippen molar-refractivity contribution >= 4 is 39.9 Å². The van der Waals surface area contributed by atoms with E-state index >= 15 is 0 Å². The topological polar surface area (TPSA) is 59.0 Å². The maximum Gasteiger partial charge on any atom is 0.229 e. The van der Waals surface area contributed by atoms with Gasteiger partial charge in [0.25, 0.3) is 0 Å². The quantitative estimate of drug-likeness (QED) is 0.828. The summed E-state index contributed by atoms with van der Waals surface area (Å²) in [6, 6.07) is 4.56. The largest absolute Gasteiger partial charge is 0.326 e. The van der Waals surface area contributed by atoms with Gasteiger partial charge in [0.05, 0.1) is 16.6 Å². The molecule has 2 atom stereocenters. The summed E-state index contributed by atoms with van der Waals surface area (Å²) < 4.78 is 15.6. The highest BCUT2D eigenvalue weighted by molar-refractivity contribution is 9.10. The van der Waals surface area contributed by atoms with E-state index in [1.807, 2.05) is 13.2 Å². The number of nitrogens with one attached hydrogen (secondary N) is 2. The van der Waals surface area contributed by atoms with E-state index in [-0.39, 0.29) is 30.2 Å². The van der Waals surface area contributed by atoms with Crippen molar-refractivity contribution in [2.24, 2.45) is 13.0 Å². The molecule has 3 rings (SSSR count). The molecule has 0 radical (unpaired) electrons. The highest BCUT2D eigenvalue weighted by Crippen LogP contribution is 2.29. The molecule has 1 fully saturated rings. The van der Waals surface area contributed by atoms with Gasteiger partial charge in [0.1, 0.15) is 5.82 Å². The second-order valence-electron chi connectivity index (χ2n) is 5.44. The van der Waals surface area contributed by atoms with Crippen LogP contribution in [-0.4, -0.2) is 28.8 Å². The maximum absolute atomic E-state index is 13.5. The lowest BCUT2D eigenvalue weighted by Crippen LogP contribution is -2.28. The van der Waals surface area contributed by atoms with Crippen LogP contribution in [0.15, 0.2) is 35.1 Å². The number of aryl methyl sites for hydroxylation is 1. The Labute approximate surface area is 148 Å². The van der Waals surface area contributed by atoms with Crippen molar-refractivity contribution in [3.63, 3.8) is 0 Å².